The Hall–Kier alpha value is -3.30. The van der Waals surface area contributed by atoms with E-state index in [2.05, 4.69) is 4.99 Å². The Morgan fingerprint density at radius 3 is 2.48 bits per heavy atom. The minimum atomic E-state index is -0.454. The summed E-state index contributed by atoms with van der Waals surface area (Å²) >= 11 is 0. The van der Waals surface area contributed by atoms with Crippen LogP contribution in [0.15, 0.2) is 23.2 Å². The van der Waals surface area contributed by atoms with E-state index in [0.717, 1.165) is 0 Å². The van der Waals surface area contributed by atoms with Gasteiger partial charge in [0, 0.05) is 25.7 Å². The van der Waals surface area contributed by atoms with Gasteiger partial charge in [0.1, 0.15) is 30.4 Å². The van der Waals surface area contributed by atoms with E-state index in [0.29, 0.717) is 42.5 Å². The highest BCUT2D eigenvalue weighted by atomic mass is 16.5. The second kappa shape index (κ2) is 10.5. The summed E-state index contributed by atoms with van der Waals surface area (Å²) in [5.74, 6) is 0.982. The number of piperazine rings is 1. The molecule has 0 radical (unpaired) electrons. The molecular formula is C23H32N4O6. The fraction of sp³-hybridized carbons (Fsp3) is 0.565. The summed E-state index contributed by atoms with van der Waals surface area (Å²) in [5, 5.41) is 0. The van der Waals surface area contributed by atoms with Gasteiger partial charge in [0.25, 0.3) is 0 Å². The lowest BCUT2D eigenvalue weighted by Crippen LogP contribution is -2.56. The Balaban J connectivity index is 1.71. The van der Waals surface area contributed by atoms with Crippen LogP contribution in [0, 0.1) is 0 Å². The molecule has 1 fully saturated rings. The lowest BCUT2D eigenvalue weighted by atomic mass is 10.1. The van der Waals surface area contributed by atoms with E-state index in [4.69, 9.17) is 14.2 Å². The van der Waals surface area contributed by atoms with Crippen molar-refractivity contribution < 1.29 is 28.6 Å². The molecule has 3 amide bonds. The van der Waals surface area contributed by atoms with Gasteiger partial charge in [-0.05, 0) is 39.8 Å². The number of benzene rings is 1. The fourth-order valence-corrected chi connectivity index (χ4v) is 3.70. The number of nitrogens with zero attached hydrogens (tertiary/aromatic N) is 4. The molecule has 10 heteroatoms. The molecule has 2 heterocycles. The zero-order valence-corrected chi connectivity index (χ0v) is 19.9. The number of ether oxygens (including phenoxy) is 3. The first-order valence-corrected chi connectivity index (χ1v) is 11.1. The SMILES string of the molecule is COc1ccc(C2=NCCN2C(=O)N2CCN(CC(=O)OC(C)C)C(=O)C2)c(OC(C)C)c1. The van der Waals surface area contributed by atoms with Crippen molar-refractivity contribution in [3.05, 3.63) is 23.8 Å². The molecule has 0 N–H and O–H groups in total. The van der Waals surface area contributed by atoms with Gasteiger partial charge in [-0.2, -0.15) is 0 Å². The van der Waals surface area contributed by atoms with Crippen molar-refractivity contribution >= 4 is 23.7 Å². The van der Waals surface area contributed by atoms with Crippen LogP contribution in [0.3, 0.4) is 0 Å². The highest BCUT2D eigenvalue weighted by Gasteiger charge is 2.35. The smallest absolute Gasteiger partial charge is 0.326 e. The number of rotatable bonds is 7. The van der Waals surface area contributed by atoms with Gasteiger partial charge in [0.2, 0.25) is 5.91 Å². The average Bonchev–Trinajstić information content (AvgIpc) is 3.23. The van der Waals surface area contributed by atoms with Crippen LogP contribution in [-0.2, 0) is 14.3 Å². The third-order valence-corrected chi connectivity index (χ3v) is 5.14. The first-order valence-electron chi connectivity index (χ1n) is 11.1. The van der Waals surface area contributed by atoms with E-state index in [-0.39, 0.29) is 43.8 Å². The molecule has 10 nitrogen and oxygen atoms in total. The summed E-state index contributed by atoms with van der Waals surface area (Å²) < 4.78 is 16.4. The molecule has 0 saturated carbocycles. The summed E-state index contributed by atoms with van der Waals surface area (Å²) in [4.78, 5) is 46.8. The zero-order valence-electron chi connectivity index (χ0n) is 19.9. The third kappa shape index (κ3) is 5.94. The van der Waals surface area contributed by atoms with Crippen molar-refractivity contribution in [1.29, 1.82) is 0 Å². The minimum Gasteiger partial charge on any atom is -0.497 e. The van der Waals surface area contributed by atoms with Crippen LogP contribution in [0.1, 0.15) is 33.3 Å². The molecule has 2 aliphatic heterocycles. The highest BCUT2D eigenvalue weighted by molar-refractivity contribution is 6.10. The first-order chi connectivity index (χ1) is 15.7. The summed E-state index contributed by atoms with van der Waals surface area (Å²) in [7, 11) is 1.58. The van der Waals surface area contributed by atoms with Crippen LogP contribution >= 0.6 is 0 Å². The van der Waals surface area contributed by atoms with E-state index in [1.165, 1.54) is 9.80 Å². The number of amides is 3. The average molecular weight is 461 g/mol. The molecule has 3 rings (SSSR count). The van der Waals surface area contributed by atoms with Crippen LogP contribution in [0.25, 0.3) is 0 Å². The van der Waals surface area contributed by atoms with E-state index in [1.54, 1.807) is 38.0 Å². The molecule has 0 atom stereocenters. The van der Waals surface area contributed by atoms with Gasteiger partial charge in [0.05, 0.1) is 31.4 Å². The quantitative estimate of drug-likeness (QED) is 0.575. The molecule has 180 valence electrons. The molecule has 2 aliphatic rings. The van der Waals surface area contributed by atoms with Crippen LogP contribution < -0.4 is 9.47 Å². The maximum atomic E-state index is 13.3. The summed E-state index contributed by atoms with van der Waals surface area (Å²) in [6.07, 6.45) is -0.319. The molecule has 1 saturated heterocycles. The number of hydrogen-bond acceptors (Lipinski definition) is 7. The molecule has 0 aromatic heterocycles. The predicted molar refractivity (Wildman–Crippen MR) is 122 cm³/mol. The number of aliphatic imine (C=N–C) groups is 1. The van der Waals surface area contributed by atoms with Crippen LogP contribution in [0.4, 0.5) is 4.79 Å². The Morgan fingerprint density at radius 2 is 1.85 bits per heavy atom. The Kier molecular flexibility index (Phi) is 7.78. The lowest BCUT2D eigenvalue weighted by molar-refractivity contribution is -0.153. The van der Waals surface area contributed by atoms with Crippen molar-refractivity contribution in [1.82, 2.24) is 14.7 Å². The normalized spacial score (nSPS) is 16.4. The van der Waals surface area contributed by atoms with E-state index in [9.17, 15) is 14.4 Å². The maximum absolute atomic E-state index is 13.3. The monoisotopic (exact) mass is 460 g/mol. The van der Waals surface area contributed by atoms with E-state index >= 15 is 0 Å². The summed E-state index contributed by atoms with van der Waals surface area (Å²) in [6, 6.07) is 5.10. The van der Waals surface area contributed by atoms with Gasteiger partial charge in [-0.3, -0.25) is 19.5 Å². The number of carbonyl (C=O) groups is 3. The Labute approximate surface area is 194 Å². The van der Waals surface area contributed by atoms with Gasteiger partial charge < -0.3 is 24.0 Å². The van der Waals surface area contributed by atoms with E-state index in [1.807, 2.05) is 19.9 Å². The van der Waals surface area contributed by atoms with Crippen LogP contribution in [-0.4, -0.2) is 97.0 Å². The second-order valence-corrected chi connectivity index (χ2v) is 8.44. The lowest BCUT2D eigenvalue weighted by Gasteiger charge is -2.36. The second-order valence-electron chi connectivity index (χ2n) is 8.44. The topological polar surface area (TPSA) is 101 Å². The number of hydrogen-bond donors (Lipinski definition) is 0. The molecule has 1 aromatic carbocycles. The minimum absolute atomic E-state index is 0.0740. The molecule has 0 unspecified atom stereocenters. The van der Waals surface area contributed by atoms with Gasteiger partial charge in [-0.15, -0.1) is 0 Å². The number of esters is 1. The Bertz CT molecular complexity index is 930. The fourth-order valence-electron chi connectivity index (χ4n) is 3.70. The number of amidine groups is 1. The summed E-state index contributed by atoms with van der Waals surface area (Å²) in [6.45, 7) is 8.60. The Morgan fingerprint density at radius 1 is 1.09 bits per heavy atom. The standard InChI is InChI=1S/C23H32N4O6/c1-15(2)32-19-12-17(31-5)6-7-18(19)22-24-8-9-27(22)23(30)26-11-10-25(20(28)13-26)14-21(29)33-16(3)4/h6-7,12,15-16H,8-11,13-14H2,1-5H3. The molecular weight excluding hydrogens is 428 g/mol. The van der Waals surface area contributed by atoms with Crippen molar-refractivity contribution in [2.75, 3.05) is 46.4 Å². The highest BCUT2D eigenvalue weighted by Crippen LogP contribution is 2.29. The van der Waals surface area contributed by atoms with Crippen molar-refractivity contribution in [3.63, 3.8) is 0 Å². The van der Waals surface area contributed by atoms with Crippen molar-refractivity contribution in [2.24, 2.45) is 4.99 Å². The molecule has 0 spiro atoms. The van der Waals surface area contributed by atoms with Crippen molar-refractivity contribution in [2.45, 2.75) is 39.9 Å². The van der Waals surface area contributed by atoms with Crippen LogP contribution in [0.5, 0.6) is 11.5 Å². The van der Waals surface area contributed by atoms with Gasteiger partial charge >= 0.3 is 12.0 Å². The van der Waals surface area contributed by atoms with Gasteiger partial charge in [-0.25, -0.2) is 4.79 Å². The van der Waals surface area contributed by atoms with Gasteiger partial charge in [0.15, 0.2) is 0 Å². The largest absolute Gasteiger partial charge is 0.497 e. The third-order valence-electron chi connectivity index (χ3n) is 5.14. The first kappa shape index (κ1) is 24.3. The number of carbonyl (C=O) groups excluding carboxylic acids is 3. The van der Waals surface area contributed by atoms with E-state index < -0.39 is 5.97 Å². The van der Waals surface area contributed by atoms with Gasteiger partial charge in [-0.1, -0.05) is 0 Å². The predicted octanol–water partition coefficient (Wildman–Crippen LogP) is 1.76. The molecule has 0 aliphatic carbocycles. The summed E-state index contributed by atoms with van der Waals surface area (Å²) in [5.41, 5.74) is 0.691. The molecule has 1 aromatic rings. The van der Waals surface area contributed by atoms with Crippen LogP contribution in [0.2, 0.25) is 0 Å². The maximum Gasteiger partial charge on any atom is 0.326 e. The molecule has 33 heavy (non-hydrogen) atoms. The van der Waals surface area contributed by atoms with Crippen molar-refractivity contribution in [3.8, 4) is 11.5 Å². The number of urea groups is 1. The molecule has 0 bridgehead atoms. The number of methoxy groups -OCH3 is 1. The zero-order chi connectivity index (χ0) is 24.1.